The lowest BCUT2D eigenvalue weighted by Gasteiger charge is -2.07. The minimum atomic E-state index is 0.341. The van der Waals surface area contributed by atoms with Gasteiger partial charge in [0.2, 0.25) is 5.95 Å². The average molecular weight is 372 g/mol. The zero-order valence-corrected chi connectivity index (χ0v) is 13.7. The summed E-state index contributed by atoms with van der Waals surface area (Å²) in [6, 6.07) is 15.9. The van der Waals surface area contributed by atoms with Crippen LogP contribution in [0.5, 0.6) is 0 Å². The first kappa shape index (κ1) is 13.5. The molecule has 0 aliphatic heterocycles. The largest absolute Gasteiger partial charge is 0.368 e. The Labute approximate surface area is 138 Å². The second-order valence-electron chi connectivity index (χ2n) is 4.68. The number of nitrogens with zero attached hydrogens (tertiary/aromatic N) is 4. The Morgan fingerprint density at radius 2 is 1.77 bits per heavy atom. The number of rotatable bonds is 2. The minimum absolute atomic E-state index is 0.341. The van der Waals surface area contributed by atoms with Gasteiger partial charge in [-0.15, -0.1) is 10.2 Å². The van der Waals surface area contributed by atoms with E-state index in [0.717, 1.165) is 31.1 Å². The molecular weight excluding hydrogens is 362 g/mol. The zero-order valence-electron chi connectivity index (χ0n) is 11.3. The van der Waals surface area contributed by atoms with Gasteiger partial charge >= 0.3 is 0 Å². The molecule has 108 valence electrons. The fourth-order valence-corrected chi connectivity index (χ4v) is 3.41. The van der Waals surface area contributed by atoms with Crippen LogP contribution in [0, 0.1) is 0 Å². The summed E-state index contributed by atoms with van der Waals surface area (Å²) in [5.41, 5.74) is 7.58. The summed E-state index contributed by atoms with van der Waals surface area (Å²) in [4.78, 5) is 5.78. The number of halogens is 1. The number of fused-ring (bicyclic) bond motifs is 3. The van der Waals surface area contributed by atoms with Gasteiger partial charge in [0.25, 0.3) is 0 Å². The van der Waals surface area contributed by atoms with Crippen molar-refractivity contribution in [3.63, 3.8) is 0 Å². The quantitative estimate of drug-likeness (QED) is 0.543. The molecule has 0 spiro atoms. The molecule has 0 saturated carbocycles. The summed E-state index contributed by atoms with van der Waals surface area (Å²) in [6.07, 6.45) is 0. The maximum absolute atomic E-state index is 5.97. The third-order valence-corrected chi connectivity index (χ3v) is 4.76. The van der Waals surface area contributed by atoms with Gasteiger partial charge in [-0.1, -0.05) is 39.8 Å². The molecule has 0 unspecified atom stereocenters. The van der Waals surface area contributed by atoms with E-state index in [0.29, 0.717) is 5.95 Å². The van der Waals surface area contributed by atoms with Crippen LogP contribution >= 0.6 is 27.7 Å². The summed E-state index contributed by atoms with van der Waals surface area (Å²) >= 11 is 4.97. The Kier molecular flexibility index (Phi) is 3.24. The second kappa shape index (κ2) is 5.26. The fraction of sp³-hybridized carbons (Fsp3) is 0. The number of para-hydroxylation sites is 1. The van der Waals surface area contributed by atoms with Gasteiger partial charge in [-0.05, 0) is 36.4 Å². The van der Waals surface area contributed by atoms with E-state index in [4.69, 9.17) is 10.7 Å². The van der Waals surface area contributed by atoms with Crippen LogP contribution in [0.2, 0.25) is 0 Å². The molecule has 0 fully saturated rings. The summed E-state index contributed by atoms with van der Waals surface area (Å²) < 4.78 is 2.83. The van der Waals surface area contributed by atoms with Crippen LogP contribution in [-0.4, -0.2) is 19.6 Å². The van der Waals surface area contributed by atoms with Gasteiger partial charge in [-0.2, -0.15) is 0 Å². The van der Waals surface area contributed by atoms with E-state index in [-0.39, 0.29) is 0 Å². The van der Waals surface area contributed by atoms with E-state index in [1.54, 1.807) is 4.40 Å². The molecule has 0 aliphatic rings. The normalized spacial score (nSPS) is 11.3. The van der Waals surface area contributed by atoms with E-state index < -0.39 is 0 Å². The SMILES string of the molecule is Nc1nnc2c3ccccc3nc(Sc3ccc(Br)cc3)n12. The highest BCUT2D eigenvalue weighted by molar-refractivity contribution is 9.10. The number of nitrogen functional groups attached to an aromatic ring is 1. The fourth-order valence-electron chi connectivity index (χ4n) is 2.25. The van der Waals surface area contributed by atoms with Gasteiger partial charge < -0.3 is 5.73 Å². The molecule has 0 saturated heterocycles. The topological polar surface area (TPSA) is 69.1 Å². The molecule has 0 bridgehead atoms. The molecule has 0 radical (unpaired) electrons. The molecule has 2 heterocycles. The number of anilines is 1. The molecular formula is C15H10BrN5S. The smallest absolute Gasteiger partial charge is 0.228 e. The molecule has 2 aromatic carbocycles. The Balaban J connectivity index is 1.94. The first-order valence-electron chi connectivity index (χ1n) is 6.55. The van der Waals surface area contributed by atoms with Gasteiger partial charge in [0.1, 0.15) is 0 Å². The second-order valence-corrected chi connectivity index (χ2v) is 6.64. The molecule has 4 rings (SSSR count). The number of nitrogens with two attached hydrogens (primary N) is 1. The third kappa shape index (κ3) is 2.22. The Morgan fingerprint density at radius 1 is 1.00 bits per heavy atom. The highest BCUT2D eigenvalue weighted by Crippen LogP contribution is 2.31. The highest BCUT2D eigenvalue weighted by Gasteiger charge is 2.14. The Morgan fingerprint density at radius 3 is 2.59 bits per heavy atom. The molecule has 0 atom stereocenters. The number of hydrogen-bond acceptors (Lipinski definition) is 5. The molecule has 0 aliphatic carbocycles. The lowest BCUT2D eigenvalue weighted by atomic mass is 10.2. The summed E-state index contributed by atoms with van der Waals surface area (Å²) in [5, 5.41) is 9.87. The van der Waals surface area contributed by atoms with E-state index in [1.165, 1.54) is 11.8 Å². The lowest BCUT2D eigenvalue weighted by Crippen LogP contribution is -2.00. The highest BCUT2D eigenvalue weighted by atomic mass is 79.9. The van der Waals surface area contributed by atoms with E-state index in [9.17, 15) is 0 Å². The summed E-state index contributed by atoms with van der Waals surface area (Å²) in [7, 11) is 0. The van der Waals surface area contributed by atoms with E-state index in [1.807, 2.05) is 48.5 Å². The standard InChI is InChI=1S/C15H10BrN5S/c16-9-5-7-10(8-6-9)22-15-18-12-4-2-1-3-11(12)13-19-20-14(17)21(13)15/h1-8H,(H2,17,20). The van der Waals surface area contributed by atoms with Gasteiger partial charge in [-0.25, -0.2) is 9.38 Å². The number of hydrogen-bond donors (Lipinski definition) is 1. The Bertz CT molecular complexity index is 980. The van der Waals surface area contributed by atoms with Crippen molar-refractivity contribution in [1.82, 2.24) is 19.6 Å². The van der Waals surface area contributed by atoms with Gasteiger partial charge in [0, 0.05) is 14.8 Å². The van der Waals surface area contributed by atoms with Crippen LogP contribution in [0.25, 0.3) is 16.6 Å². The van der Waals surface area contributed by atoms with Crippen LogP contribution in [0.4, 0.5) is 5.95 Å². The van der Waals surface area contributed by atoms with E-state index in [2.05, 4.69) is 26.1 Å². The maximum atomic E-state index is 5.97. The molecule has 2 aromatic heterocycles. The monoisotopic (exact) mass is 371 g/mol. The minimum Gasteiger partial charge on any atom is -0.368 e. The number of benzene rings is 2. The predicted molar refractivity (Wildman–Crippen MR) is 91.0 cm³/mol. The maximum Gasteiger partial charge on any atom is 0.228 e. The molecule has 5 nitrogen and oxygen atoms in total. The van der Waals surface area contributed by atoms with Crippen LogP contribution in [0.3, 0.4) is 0 Å². The van der Waals surface area contributed by atoms with Crippen molar-refractivity contribution < 1.29 is 0 Å². The average Bonchev–Trinajstić information content (AvgIpc) is 2.92. The van der Waals surface area contributed by atoms with Crippen molar-refractivity contribution in [2.24, 2.45) is 0 Å². The Hall–Kier alpha value is -2.12. The van der Waals surface area contributed by atoms with Gasteiger partial charge in [0.05, 0.1) is 5.52 Å². The first-order chi connectivity index (χ1) is 10.7. The summed E-state index contributed by atoms with van der Waals surface area (Å²) in [5.74, 6) is 0.341. The molecule has 2 N–H and O–H groups in total. The van der Waals surface area contributed by atoms with E-state index >= 15 is 0 Å². The van der Waals surface area contributed by atoms with Crippen molar-refractivity contribution in [3.8, 4) is 0 Å². The van der Waals surface area contributed by atoms with Crippen LogP contribution < -0.4 is 5.73 Å². The predicted octanol–water partition coefficient (Wildman–Crippen LogP) is 3.77. The molecule has 0 amide bonds. The molecule has 4 aromatic rings. The van der Waals surface area contributed by atoms with Crippen molar-refractivity contribution >= 4 is 50.2 Å². The first-order valence-corrected chi connectivity index (χ1v) is 8.16. The molecule has 7 heteroatoms. The van der Waals surface area contributed by atoms with Crippen LogP contribution in [0.15, 0.2) is 63.1 Å². The molecule has 22 heavy (non-hydrogen) atoms. The summed E-state index contributed by atoms with van der Waals surface area (Å²) in [6.45, 7) is 0. The van der Waals surface area contributed by atoms with Crippen molar-refractivity contribution in [2.75, 3.05) is 5.73 Å². The van der Waals surface area contributed by atoms with Gasteiger partial charge in [-0.3, -0.25) is 0 Å². The van der Waals surface area contributed by atoms with Crippen LogP contribution in [0.1, 0.15) is 0 Å². The van der Waals surface area contributed by atoms with Gasteiger partial charge in [0.15, 0.2) is 10.8 Å². The van der Waals surface area contributed by atoms with Crippen LogP contribution in [-0.2, 0) is 0 Å². The zero-order chi connectivity index (χ0) is 15.1. The van der Waals surface area contributed by atoms with Crippen molar-refractivity contribution in [3.05, 3.63) is 53.0 Å². The third-order valence-electron chi connectivity index (χ3n) is 3.26. The number of aromatic nitrogens is 4. The van der Waals surface area contributed by atoms with Crippen molar-refractivity contribution in [1.29, 1.82) is 0 Å². The lowest BCUT2D eigenvalue weighted by molar-refractivity contribution is 0.932. The van der Waals surface area contributed by atoms with Crippen molar-refractivity contribution in [2.45, 2.75) is 10.1 Å².